The molecule has 0 fully saturated rings. The zero-order valence-corrected chi connectivity index (χ0v) is 8.45. The van der Waals surface area contributed by atoms with Gasteiger partial charge in [0.15, 0.2) is 0 Å². The van der Waals surface area contributed by atoms with Crippen molar-refractivity contribution in [3.05, 3.63) is 18.0 Å². The number of carbonyl (C=O) groups is 1. The Bertz CT molecular complexity index is 281. The average molecular weight is 196 g/mol. The number of nitrogens with zero attached hydrogens (tertiary/aromatic N) is 1. The molecule has 0 aliphatic carbocycles. The van der Waals surface area contributed by atoms with E-state index in [0.717, 1.165) is 0 Å². The van der Waals surface area contributed by atoms with E-state index < -0.39 is 0 Å². The lowest BCUT2D eigenvalue weighted by Gasteiger charge is -2.15. The van der Waals surface area contributed by atoms with E-state index in [1.807, 2.05) is 13.8 Å². The van der Waals surface area contributed by atoms with Crippen LogP contribution in [0.4, 0.5) is 0 Å². The Morgan fingerprint density at radius 2 is 2.43 bits per heavy atom. The second-order valence-electron chi connectivity index (χ2n) is 3.59. The number of aromatic amines is 1. The maximum atomic E-state index is 11.4. The van der Waals surface area contributed by atoms with Crippen molar-refractivity contribution in [1.29, 1.82) is 0 Å². The molecule has 1 aromatic rings. The van der Waals surface area contributed by atoms with Crippen LogP contribution in [0.15, 0.2) is 12.3 Å². The van der Waals surface area contributed by atoms with Crippen molar-refractivity contribution in [2.75, 3.05) is 6.54 Å². The van der Waals surface area contributed by atoms with E-state index >= 15 is 0 Å². The summed E-state index contributed by atoms with van der Waals surface area (Å²) in [6.45, 7) is 4.52. The lowest BCUT2D eigenvalue weighted by Crippen LogP contribution is -2.40. The van der Waals surface area contributed by atoms with Crippen molar-refractivity contribution < 1.29 is 4.79 Å². The first-order valence-corrected chi connectivity index (χ1v) is 4.64. The molecule has 4 N–H and O–H groups in total. The van der Waals surface area contributed by atoms with Crippen molar-refractivity contribution >= 4 is 5.91 Å². The largest absolute Gasteiger partial charge is 0.349 e. The van der Waals surface area contributed by atoms with Crippen molar-refractivity contribution in [3.8, 4) is 0 Å². The molecular weight excluding hydrogens is 180 g/mol. The van der Waals surface area contributed by atoms with E-state index in [1.165, 1.54) is 6.20 Å². The summed E-state index contributed by atoms with van der Waals surface area (Å²) in [6.07, 6.45) is 1.54. The Labute approximate surface area is 83.1 Å². The molecule has 14 heavy (non-hydrogen) atoms. The quantitative estimate of drug-likeness (QED) is 0.639. The molecule has 5 nitrogen and oxygen atoms in total. The van der Waals surface area contributed by atoms with Crippen molar-refractivity contribution in [2.45, 2.75) is 19.9 Å². The normalized spacial score (nSPS) is 12.9. The molecule has 1 rings (SSSR count). The average Bonchev–Trinajstić information content (AvgIpc) is 2.66. The Hall–Kier alpha value is -1.36. The number of amides is 1. The third-order valence-corrected chi connectivity index (χ3v) is 2.10. The van der Waals surface area contributed by atoms with E-state index in [4.69, 9.17) is 5.73 Å². The van der Waals surface area contributed by atoms with Crippen LogP contribution >= 0.6 is 0 Å². The van der Waals surface area contributed by atoms with Gasteiger partial charge in [-0.05, 0) is 12.0 Å². The minimum atomic E-state index is -0.168. The van der Waals surface area contributed by atoms with Crippen LogP contribution in [0.25, 0.3) is 0 Å². The standard InChI is InChI=1S/C9H16N4O/c1-6(2)7(10)5-11-9(14)8-3-4-12-13-8/h3-4,6-7H,5,10H2,1-2H3,(H,11,14)(H,12,13). The number of H-pyrrole nitrogens is 1. The van der Waals surface area contributed by atoms with E-state index in [-0.39, 0.29) is 11.9 Å². The Balaban J connectivity index is 2.36. The van der Waals surface area contributed by atoms with Crippen LogP contribution in [0.1, 0.15) is 24.3 Å². The van der Waals surface area contributed by atoms with Crippen LogP contribution in [0.3, 0.4) is 0 Å². The molecule has 0 saturated carbocycles. The van der Waals surface area contributed by atoms with E-state index in [2.05, 4.69) is 15.5 Å². The predicted octanol–water partition coefficient (Wildman–Crippen LogP) is 0.123. The zero-order chi connectivity index (χ0) is 10.6. The molecule has 0 bridgehead atoms. The summed E-state index contributed by atoms with van der Waals surface area (Å²) in [4.78, 5) is 11.4. The lowest BCUT2D eigenvalue weighted by molar-refractivity contribution is 0.0944. The molecule has 0 saturated heterocycles. The highest BCUT2D eigenvalue weighted by Gasteiger charge is 2.10. The molecule has 0 spiro atoms. The van der Waals surface area contributed by atoms with Gasteiger partial charge in [0.25, 0.3) is 5.91 Å². The first-order chi connectivity index (χ1) is 6.61. The number of rotatable bonds is 4. The third kappa shape index (κ3) is 2.85. The molecule has 78 valence electrons. The number of nitrogens with two attached hydrogens (primary N) is 1. The molecule has 1 heterocycles. The highest BCUT2D eigenvalue weighted by molar-refractivity contribution is 5.92. The fourth-order valence-electron chi connectivity index (χ4n) is 0.924. The second kappa shape index (κ2) is 4.76. The van der Waals surface area contributed by atoms with E-state index in [9.17, 15) is 4.79 Å². The van der Waals surface area contributed by atoms with Gasteiger partial charge in [0.2, 0.25) is 0 Å². The molecule has 0 aliphatic rings. The molecule has 5 heteroatoms. The summed E-state index contributed by atoms with van der Waals surface area (Å²) >= 11 is 0. The zero-order valence-electron chi connectivity index (χ0n) is 8.45. The highest BCUT2D eigenvalue weighted by atomic mass is 16.1. The molecule has 1 unspecified atom stereocenters. The first-order valence-electron chi connectivity index (χ1n) is 4.64. The van der Waals surface area contributed by atoms with Gasteiger partial charge in [-0.2, -0.15) is 5.10 Å². The van der Waals surface area contributed by atoms with Gasteiger partial charge in [0, 0.05) is 18.8 Å². The van der Waals surface area contributed by atoms with Gasteiger partial charge in [-0.1, -0.05) is 13.8 Å². The highest BCUT2D eigenvalue weighted by Crippen LogP contribution is 1.97. The number of hydrogen-bond acceptors (Lipinski definition) is 3. The van der Waals surface area contributed by atoms with Gasteiger partial charge in [0.05, 0.1) is 0 Å². The van der Waals surface area contributed by atoms with E-state index in [0.29, 0.717) is 18.2 Å². The third-order valence-electron chi connectivity index (χ3n) is 2.10. The Morgan fingerprint density at radius 1 is 1.71 bits per heavy atom. The van der Waals surface area contributed by atoms with Crippen LogP contribution in [-0.4, -0.2) is 28.7 Å². The monoisotopic (exact) mass is 196 g/mol. The van der Waals surface area contributed by atoms with Crippen LogP contribution in [0.5, 0.6) is 0 Å². The minimum Gasteiger partial charge on any atom is -0.349 e. The van der Waals surface area contributed by atoms with Crippen molar-refractivity contribution in [1.82, 2.24) is 15.5 Å². The Morgan fingerprint density at radius 3 is 2.93 bits per heavy atom. The molecule has 1 atom stereocenters. The smallest absolute Gasteiger partial charge is 0.269 e. The van der Waals surface area contributed by atoms with Crippen LogP contribution < -0.4 is 11.1 Å². The van der Waals surface area contributed by atoms with E-state index in [1.54, 1.807) is 6.07 Å². The maximum Gasteiger partial charge on any atom is 0.269 e. The number of carbonyl (C=O) groups excluding carboxylic acids is 1. The summed E-state index contributed by atoms with van der Waals surface area (Å²) in [6, 6.07) is 1.61. The number of nitrogens with one attached hydrogen (secondary N) is 2. The molecule has 0 aliphatic heterocycles. The Kier molecular flexibility index (Phi) is 3.64. The molecule has 0 radical (unpaired) electrons. The SMILES string of the molecule is CC(C)C(N)CNC(=O)c1ccn[nH]1. The van der Waals surface area contributed by atoms with Crippen LogP contribution in [0.2, 0.25) is 0 Å². The van der Waals surface area contributed by atoms with Gasteiger partial charge in [-0.3, -0.25) is 9.89 Å². The summed E-state index contributed by atoms with van der Waals surface area (Å²) < 4.78 is 0. The fraction of sp³-hybridized carbons (Fsp3) is 0.556. The maximum absolute atomic E-state index is 11.4. The number of aromatic nitrogens is 2. The summed E-state index contributed by atoms with van der Waals surface area (Å²) in [5.74, 6) is 0.190. The fourth-order valence-corrected chi connectivity index (χ4v) is 0.924. The molecular formula is C9H16N4O. The first kappa shape index (κ1) is 10.7. The molecule has 1 aromatic heterocycles. The second-order valence-corrected chi connectivity index (χ2v) is 3.59. The lowest BCUT2D eigenvalue weighted by atomic mass is 10.1. The summed E-state index contributed by atoms with van der Waals surface area (Å²) in [5, 5.41) is 9.01. The topological polar surface area (TPSA) is 83.8 Å². The van der Waals surface area contributed by atoms with Gasteiger partial charge in [0.1, 0.15) is 5.69 Å². The van der Waals surface area contributed by atoms with Crippen molar-refractivity contribution in [3.63, 3.8) is 0 Å². The van der Waals surface area contributed by atoms with Crippen molar-refractivity contribution in [2.24, 2.45) is 11.7 Å². The predicted molar refractivity (Wildman–Crippen MR) is 53.7 cm³/mol. The van der Waals surface area contributed by atoms with Gasteiger partial charge < -0.3 is 11.1 Å². The minimum absolute atomic E-state index is 0.0122. The summed E-state index contributed by atoms with van der Waals surface area (Å²) in [5.41, 5.74) is 6.24. The summed E-state index contributed by atoms with van der Waals surface area (Å²) in [7, 11) is 0. The molecule has 1 amide bonds. The van der Waals surface area contributed by atoms with Gasteiger partial charge in [-0.15, -0.1) is 0 Å². The van der Waals surface area contributed by atoms with Crippen LogP contribution in [0, 0.1) is 5.92 Å². The van der Waals surface area contributed by atoms with Crippen LogP contribution in [-0.2, 0) is 0 Å². The number of hydrogen-bond donors (Lipinski definition) is 3. The van der Waals surface area contributed by atoms with Gasteiger partial charge in [-0.25, -0.2) is 0 Å². The van der Waals surface area contributed by atoms with Gasteiger partial charge >= 0.3 is 0 Å². The molecule has 0 aromatic carbocycles.